The van der Waals surface area contributed by atoms with Gasteiger partial charge in [0.05, 0.1) is 11.4 Å². The van der Waals surface area contributed by atoms with Crippen molar-refractivity contribution >= 4 is 58.6 Å². The number of aliphatic imine (C=N–C) groups is 2. The van der Waals surface area contributed by atoms with Gasteiger partial charge in [-0.25, -0.2) is 9.59 Å². The van der Waals surface area contributed by atoms with E-state index in [4.69, 9.17) is 0 Å². The number of anilines is 4. The third kappa shape index (κ3) is 9.38. The minimum Gasteiger partial charge on any atom is -0.507 e. The minimum atomic E-state index is -0.427. The molecule has 0 heterocycles. The maximum absolute atomic E-state index is 12.4. The Morgan fingerprint density at radius 3 is 1.24 bits per heavy atom. The largest absolute Gasteiger partial charge is 0.507 e. The molecule has 11 heteroatoms. The van der Waals surface area contributed by atoms with Crippen molar-refractivity contribution in [3.8, 4) is 11.5 Å². The zero-order valence-electron chi connectivity index (χ0n) is 23.6. The molecule has 0 saturated heterocycles. The number of benzene rings is 5. The average molecular weight is 780 g/mol. The summed E-state index contributed by atoms with van der Waals surface area (Å²) in [4.78, 5) is 33.8. The van der Waals surface area contributed by atoms with Crippen molar-refractivity contribution in [3.05, 3.63) is 132 Å². The predicted molar refractivity (Wildman–Crippen MR) is 175 cm³/mol. The smallest absolute Gasteiger partial charge is 0.323 e. The van der Waals surface area contributed by atoms with E-state index in [-0.39, 0.29) is 32.6 Å². The summed E-state index contributed by atoms with van der Waals surface area (Å²) in [6.45, 7) is 0. The summed E-state index contributed by atoms with van der Waals surface area (Å²) >= 11 is 0. The zero-order chi connectivity index (χ0) is 30.7. The number of phenolic OH excluding ortho intramolecular Hbond substituents is 2. The number of rotatable bonds is 8. The second-order valence-electron chi connectivity index (χ2n) is 9.44. The van der Waals surface area contributed by atoms with Gasteiger partial charge in [-0.15, -0.1) is 0 Å². The van der Waals surface area contributed by atoms with Gasteiger partial charge >= 0.3 is 12.1 Å². The van der Waals surface area contributed by atoms with E-state index in [0.717, 1.165) is 0 Å². The first-order valence-electron chi connectivity index (χ1n) is 13.5. The van der Waals surface area contributed by atoms with Crippen LogP contribution in [0.2, 0.25) is 0 Å². The summed E-state index contributed by atoms with van der Waals surface area (Å²) < 4.78 is 0. The molecule has 0 unspecified atom stereocenters. The standard InChI is InChI=1S/C34H28N6O4.Pt/c41-31-17-15-27(39-33(43)37-25-9-3-1-4-10-25)19-23(31)21-35-29-13-7-8-14-30(29)36-22-24-20-28(16-18-32(24)42)40-34(44)38-26-11-5-2-6-12-26;/h1-22,41-42H,(H2,37,39,43)(H2,38,40,44);. The van der Waals surface area contributed by atoms with E-state index in [1.165, 1.54) is 24.6 Å². The van der Waals surface area contributed by atoms with E-state index in [9.17, 15) is 19.8 Å². The van der Waals surface area contributed by atoms with Gasteiger partial charge in [-0.3, -0.25) is 9.98 Å². The molecule has 4 amide bonds. The minimum absolute atomic E-state index is 0. The number of hydrogen-bond donors (Lipinski definition) is 6. The molecule has 0 aliphatic rings. The summed E-state index contributed by atoms with van der Waals surface area (Å²) in [7, 11) is 0. The summed E-state index contributed by atoms with van der Waals surface area (Å²) in [5, 5.41) is 31.7. The SMILES string of the molecule is O=C(Nc1ccccc1)Nc1ccc(O)c(C=Nc2ccccc2N=Cc2cc(NC(=O)Nc3ccccc3)ccc2O)c1.[Pt]. The summed E-state index contributed by atoms with van der Waals surface area (Å²) in [6, 6.07) is 33.6. The molecule has 228 valence electrons. The van der Waals surface area contributed by atoms with Crippen LogP contribution in [0.15, 0.2) is 131 Å². The number of carbonyl (C=O) groups is 2. The van der Waals surface area contributed by atoms with E-state index in [1.54, 1.807) is 72.8 Å². The molecule has 6 N–H and O–H groups in total. The molecular formula is C34H28N6O4Pt. The fourth-order valence-electron chi connectivity index (χ4n) is 4.06. The van der Waals surface area contributed by atoms with Gasteiger partial charge in [-0.1, -0.05) is 48.5 Å². The van der Waals surface area contributed by atoms with Crippen LogP contribution in [0.1, 0.15) is 11.1 Å². The van der Waals surface area contributed by atoms with E-state index < -0.39 is 12.1 Å². The van der Waals surface area contributed by atoms with Gasteiger partial charge in [0.25, 0.3) is 0 Å². The summed E-state index contributed by atoms with van der Waals surface area (Å²) in [6.07, 6.45) is 2.94. The first-order valence-corrected chi connectivity index (χ1v) is 13.5. The fourth-order valence-corrected chi connectivity index (χ4v) is 4.06. The number of hydrogen-bond acceptors (Lipinski definition) is 6. The van der Waals surface area contributed by atoms with Gasteiger partial charge < -0.3 is 31.5 Å². The van der Waals surface area contributed by atoms with Crippen LogP contribution in [0.3, 0.4) is 0 Å². The van der Waals surface area contributed by atoms with E-state index >= 15 is 0 Å². The molecule has 0 bridgehead atoms. The first-order chi connectivity index (χ1) is 21.4. The van der Waals surface area contributed by atoms with Crippen molar-refractivity contribution in [2.45, 2.75) is 0 Å². The number of carbonyl (C=O) groups excluding carboxylic acids is 2. The Kier molecular flexibility index (Phi) is 11.2. The van der Waals surface area contributed by atoms with Gasteiger partial charge in [-0.2, -0.15) is 0 Å². The Morgan fingerprint density at radius 1 is 0.489 bits per heavy atom. The molecule has 45 heavy (non-hydrogen) atoms. The predicted octanol–water partition coefficient (Wildman–Crippen LogP) is 7.88. The molecule has 0 saturated carbocycles. The third-order valence-electron chi connectivity index (χ3n) is 6.20. The van der Waals surface area contributed by atoms with Crippen LogP contribution in [-0.4, -0.2) is 34.7 Å². The Balaban J connectivity index is 0.00000461. The zero-order valence-corrected chi connectivity index (χ0v) is 25.9. The third-order valence-corrected chi connectivity index (χ3v) is 6.20. The van der Waals surface area contributed by atoms with E-state index in [1.807, 2.05) is 36.4 Å². The fraction of sp³-hybridized carbons (Fsp3) is 0. The number of nitrogens with zero attached hydrogens (tertiary/aromatic N) is 2. The molecular weight excluding hydrogens is 751 g/mol. The Hall–Kier alpha value is -5.73. The van der Waals surface area contributed by atoms with Crippen molar-refractivity contribution < 1.29 is 40.9 Å². The molecule has 0 aromatic heterocycles. The van der Waals surface area contributed by atoms with Crippen molar-refractivity contribution in [2.75, 3.05) is 21.3 Å². The van der Waals surface area contributed by atoms with Gasteiger partial charge in [0.1, 0.15) is 11.5 Å². The first kappa shape index (κ1) is 32.2. The van der Waals surface area contributed by atoms with Crippen molar-refractivity contribution in [1.82, 2.24) is 0 Å². The Morgan fingerprint density at radius 2 is 0.844 bits per heavy atom. The number of phenols is 2. The second kappa shape index (κ2) is 15.7. The summed E-state index contributed by atoms with van der Waals surface area (Å²) in [5.74, 6) is -0.0384. The molecule has 0 aliphatic heterocycles. The molecule has 10 nitrogen and oxygen atoms in total. The van der Waals surface area contributed by atoms with Crippen LogP contribution in [0.25, 0.3) is 0 Å². The van der Waals surface area contributed by atoms with Crippen molar-refractivity contribution in [2.24, 2.45) is 9.98 Å². The number of urea groups is 2. The normalized spacial score (nSPS) is 10.7. The molecule has 5 aromatic rings. The van der Waals surface area contributed by atoms with Crippen LogP contribution < -0.4 is 21.3 Å². The van der Waals surface area contributed by atoms with Crippen LogP contribution >= 0.6 is 0 Å². The quantitative estimate of drug-likeness (QED) is 0.0703. The topological polar surface area (TPSA) is 147 Å². The van der Waals surface area contributed by atoms with Crippen molar-refractivity contribution in [1.29, 1.82) is 0 Å². The molecule has 0 spiro atoms. The van der Waals surface area contributed by atoms with Crippen LogP contribution in [0, 0.1) is 0 Å². The Labute approximate surface area is 273 Å². The Bertz CT molecular complexity index is 1700. The average Bonchev–Trinajstić information content (AvgIpc) is 3.03. The van der Waals surface area contributed by atoms with Gasteiger partial charge in [0.15, 0.2) is 0 Å². The van der Waals surface area contributed by atoms with Crippen LogP contribution in [0.4, 0.5) is 43.7 Å². The van der Waals surface area contributed by atoms with E-state index in [0.29, 0.717) is 45.3 Å². The van der Waals surface area contributed by atoms with Crippen molar-refractivity contribution in [3.63, 3.8) is 0 Å². The molecule has 0 aliphatic carbocycles. The number of para-hydroxylation sites is 4. The monoisotopic (exact) mass is 779 g/mol. The molecule has 5 rings (SSSR count). The maximum Gasteiger partial charge on any atom is 0.323 e. The second-order valence-corrected chi connectivity index (χ2v) is 9.44. The molecule has 5 aromatic carbocycles. The van der Waals surface area contributed by atoms with Crippen LogP contribution in [0.5, 0.6) is 11.5 Å². The maximum atomic E-state index is 12.4. The number of aromatic hydroxyl groups is 2. The number of nitrogens with one attached hydrogen (secondary N) is 4. The van der Waals surface area contributed by atoms with E-state index in [2.05, 4.69) is 31.3 Å². The molecule has 0 atom stereocenters. The van der Waals surface area contributed by atoms with Gasteiger partial charge in [0, 0.05) is 67.4 Å². The number of amides is 4. The summed E-state index contributed by atoms with van der Waals surface area (Å²) in [5.41, 5.74) is 3.98. The van der Waals surface area contributed by atoms with Gasteiger partial charge in [0.2, 0.25) is 0 Å². The van der Waals surface area contributed by atoms with Crippen LogP contribution in [-0.2, 0) is 21.1 Å². The van der Waals surface area contributed by atoms with Gasteiger partial charge in [-0.05, 0) is 72.8 Å². The molecule has 0 fully saturated rings. The molecule has 0 radical (unpaired) electrons.